The fourth-order valence-corrected chi connectivity index (χ4v) is 4.50. The Kier molecular flexibility index (Phi) is 5.13. The summed E-state index contributed by atoms with van der Waals surface area (Å²) in [6.07, 6.45) is -0.463. The standard InChI is InChI=1S/C17H15BrF2N2O4S/c1-3-14-17(23)22(2)13-6-9(18)7-15(16(13)26-14)27(24,25)21-10-4-5-11(19)12(20)8-10/h4-8,14,21H,3H2,1-2H3. The molecule has 1 atom stereocenters. The first-order valence-corrected chi connectivity index (χ1v) is 10.2. The van der Waals surface area contributed by atoms with Gasteiger partial charge in [0, 0.05) is 17.6 Å². The summed E-state index contributed by atoms with van der Waals surface area (Å²) in [5.74, 6) is -2.55. The predicted molar refractivity (Wildman–Crippen MR) is 99.4 cm³/mol. The molecule has 0 radical (unpaired) electrons. The Hall–Kier alpha value is -2.20. The lowest BCUT2D eigenvalue weighted by molar-refractivity contribution is -0.126. The van der Waals surface area contributed by atoms with Gasteiger partial charge >= 0.3 is 0 Å². The lowest BCUT2D eigenvalue weighted by Crippen LogP contribution is -2.43. The van der Waals surface area contributed by atoms with Crippen molar-refractivity contribution in [3.05, 3.63) is 46.4 Å². The predicted octanol–water partition coefficient (Wildman–Crippen LogP) is 3.66. The zero-order valence-corrected chi connectivity index (χ0v) is 16.7. The van der Waals surface area contributed by atoms with Crippen LogP contribution in [0.25, 0.3) is 0 Å². The average molecular weight is 461 g/mol. The molecule has 144 valence electrons. The first kappa shape index (κ1) is 19.6. The van der Waals surface area contributed by atoms with Crippen LogP contribution in [0.2, 0.25) is 0 Å². The van der Waals surface area contributed by atoms with Gasteiger partial charge in [0.15, 0.2) is 23.5 Å². The molecule has 10 heteroatoms. The van der Waals surface area contributed by atoms with Crippen LogP contribution >= 0.6 is 15.9 Å². The van der Waals surface area contributed by atoms with E-state index < -0.39 is 27.8 Å². The van der Waals surface area contributed by atoms with Crippen LogP contribution in [0.5, 0.6) is 5.75 Å². The van der Waals surface area contributed by atoms with E-state index in [2.05, 4.69) is 20.7 Å². The Morgan fingerprint density at radius 2 is 1.93 bits per heavy atom. The largest absolute Gasteiger partial charge is 0.477 e. The van der Waals surface area contributed by atoms with Crippen molar-refractivity contribution in [2.24, 2.45) is 0 Å². The van der Waals surface area contributed by atoms with Gasteiger partial charge in [-0.25, -0.2) is 17.2 Å². The van der Waals surface area contributed by atoms with E-state index in [0.717, 1.165) is 18.2 Å². The lowest BCUT2D eigenvalue weighted by atomic mass is 10.1. The summed E-state index contributed by atoms with van der Waals surface area (Å²) in [6, 6.07) is 5.54. The van der Waals surface area contributed by atoms with Gasteiger partial charge in [-0.2, -0.15) is 0 Å². The molecule has 0 fully saturated rings. The highest BCUT2D eigenvalue weighted by atomic mass is 79.9. The van der Waals surface area contributed by atoms with Crippen molar-refractivity contribution < 1.29 is 26.7 Å². The topological polar surface area (TPSA) is 75.7 Å². The Morgan fingerprint density at radius 3 is 2.56 bits per heavy atom. The zero-order chi connectivity index (χ0) is 19.9. The van der Waals surface area contributed by atoms with Crippen LogP contribution < -0.4 is 14.4 Å². The third-order valence-corrected chi connectivity index (χ3v) is 5.90. The van der Waals surface area contributed by atoms with E-state index in [-0.39, 0.29) is 27.9 Å². The Balaban J connectivity index is 2.09. The molecule has 2 aromatic rings. The molecule has 3 rings (SSSR count). The third-order valence-electron chi connectivity index (χ3n) is 4.06. The maximum atomic E-state index is 13.4. The fourth-order valence-electron chi connectivity index (χ4n) is 2.68. The molecule has 0 aliphatic carbocycles. The fraction of sp³-hybridized carbons (Fsp3) is 0.235. The summed E-state index contributed by atoms with van der Waals surface area (Å²) in [4.78, 5) is 13.4. The smallest absolute Gasteiger partial charge is 0.267 e. The van der Waals surface area contributed by atoms with Crippen LogP contribution in [0, 0.1) is 11.6 Å². The molecule has 0 saturated heterocycles. The molecule has 1 aliphatic heterocycles. The van der Waals surface area contributed by atoms with Crippen molar-refractivity contribution in [2.45, 2.75) is 24.3 Å². The second-order valence-corrected chi connectivity index (χ2v) is 8.47. The summed E-state index contributed by atoms with van der Waals surface area (Å²) in [7, 11) is -2.69. The summed E-state index contributed by atoms with van der Waals surface area (Å²) < 4.78 is 60.5. The molecular formula is C17H15BrF2N2O4S. The molecule has 2 aromatic carbocycles. The molecule has 27 heavy (non-hydrogen) atoms. The van der Waals surface area contributed by atoms with Crippen LogP contribution in [0.4, 0.5) is 20.2 Å². The van der Waals surface area contributed by atoms with Crippen LogP contribution in [0.3, 0.4) is 0 Å². The minimum Gasteiger partial charge on any atom is -0.477 e. The van der Waals surface area contributed by atoms with Gasteiger partial charge in [-0.3, -0.25) is 9.52 Å². The average Bonchev–Trinajstić information content (AvgIpc) is 2.61. The molecule has 1 amide bonds. The maximum absolute atomic E-state index is 13.4. The number of sulfonamides is 1. The lowest BCUT2D eigenvalue weighted by Gasteiger charge is -2.32. The number of anilines is 2. The van der Waals surface area contributed by atoms with Crippen molar-refractivity contribution in [1.29, 1.82) is 0 Å². The minimum absolute atomic E-state index is 0.0160. The van der Waals surface area contributed by atoms with Crippen molar-refractivity contribution in [3.8, 4) is 5.75 Å². The number of nitrogens with one attached hydrogen (secondary N) is 1. The van der Waals surface area contributed by atoms with E-state index >= 15 is 0 Å². The quantitative estimate of drug-likeness (QED) is 0.755. The van der Waals surface area contributed by atoms with E-state index in [1.165, 1.54) is 18.0 Å². The third kappa shape index (κ3) is 3.63. The Bertz CT molecular complexity index is 1030. The number of fused-ring (bicyclic) bond motifs is 1. The highest BCUT2D eigenvalue weighted by Gasteiger charge is 2.36. The molecule has 1 unspecified atom stereocenters. The molecule has 1 heterocycles. The molecule has 0 aromatic heterocycles. The molecule has 0 bridgehead atoms. The number of carbonyl (C=O) groups excluding carboxylic acids is 1. The minimum atomic E-state index is -4.21. The SMILES string of the molecule is CCC1Oc2c(cc(Br)cc2S(=O)(=O)Nc2ccc(F)c(F)c2)N(C)C1=O. The van der Waals surface area contributed by atoms with Gasteiger partial charge in [0.05, 0.1) is 11.4 Å². The molecule has 6 nitrogen and oxygen atoms in total. The molecule has 0 saturated carbocycles. The van der Waals surface area contributed by atoms with Crippen molar-refractivity contribution in [1.82, 2.24) is 0 Å². The number of hydrogen-bond acceptors (Lipinski definition) is 4. The van der Waals surface area contributed by atoms with Crippen LogP contribution in [-0.2, 0) is 14.8 Å². The normalized spacial score (nSPS) is 16.7. The second-order valence-electron chi connectivity index (χ2n) is 5.90. The van der Waals surface area contributed by atoms with Crippen molar-refractivity contribution in [2.75, 3.05) is 16.7 Å². The van der Waals surface area contributed by atoms with Gasteiger partial charge in [0.2, 0.25) is 0 Å². The molecular weight excluding hydrogens is 446 g/mol. The van der Waals surface area contributed by atoms with Crippen LogP contribution in [0.15, 0.2) is 39.7 Å². The monoisotopic (exact) mass is 460 g/mol. The number of amides is 1. The summed E-state index contributed by atoms with van der Waals surface area (Å²) in [6.45, 7) is 1.74. The highest BCUT2D eigenvalue weighted by molar-refractivity contribution is 9.10. The van der Waals surface area contributed by atoms with Gasteiger partial charge in [0.25, 0.3) is 15.9 Å². The number of benzene rings is 2. The van der Waals surface area contributed by atoms with E-state index in [1.54, 1.807) is 13.0 Å². The van der Waals surface area contributed by atoms with Crippen LogP contribution in [-0.4, -0.2) is 27.5 Å². The van der Waals surface area contributed by atoms with Gasteiger partial charge < -0.3 is 9.64 Å². The van der Waals surface area contributed by atoms with Gasteiger partial charge in [-0.05, 0) is 30.7 Å². The summed E-state index contributed by atoms with van der Waals surface area (Å²) >= 11 is 3.22. The van der Waals surface area contributed by atoms with Gasteiger partial charge in [-0.1, -0.05) is 22.9 Å². The zero-order valence-electron chi connectivity index (χ0n) is 14.3. The number of nitrogens with zero attached hydrogens (tertiary/aromatic N) is 1. The first-order chi connectivity index (χ1) is 12.6. The molecule has 1 N–H and O–H groups in total. The van der Waals surface area contributed by atoms with Crippen LogP contribution in [0.1, 0.15) is 13.3 Å². The second kappa shape index (κ2) is 7.08. The number of carbonyl (C=O) groups is 1. The van der Waals surface area contributed by atoms with Gasteiger partial charge in [-0.15, -0.1) is 0 Å². The van der Waals surface area contributed by atoms with E-state index in [0.29, 0.717) is 10.9 Å². The number of halogens is 3. The summed E-state index contributed by atoms with van der Waals surface area (Å²) in [5, 5.41) is 0. The number of ether oxygens (including phenoxy) is 1. The van der Waals surface area contributed by atoms with E-state index in [1.807, 2.05) is 0 Å². The van der Waals surface area contributed by atoms with E-state index in [9.17, 15) is 22.0 Å². The number of hydrogen-bond donors (Lipinski definition) is 1. The number of likely N-dealkylation sites (N-methyl/N-ethyl adjacent to an activating group) is 1. The first-order valence-electron chi connectivity index (χ1n) is 7.89. The Labute approximate surface area is 163 Å². The molecule has 0 spiro atoms. The highest BCUT2D eigenvalue weighted by Crippen LogP contribution is 2.42. The van der Waals surface area contributed by atoms with E-state index in [4.69, 9.17) is 4.74 Å². The van der Waals surface area contributed by atoms with Gasteiger partial charge in [0.1, 0.15) is 4.90 Å². The van der Waals surface area contributed by atoms with Crippen molar-refractivity contribution in [3.63, 3.8) is 0 Å². The Morgan fingerprint density at radius 1 is 1.22 bits per heavy atom. The van der Waals surface area contributed by atoms with Crippen molar-refractivity contribution >= 4 is 43.2 Å². The summed E-state index contributed by atoms with van der Waals surface area (Å²) in [5.41, 5.74) is 0.139. The maximum Gasteiger partial charge on any atom is 0.267 e. The molecule has 1 aliphatic rings. The number of rotatable bonds is 4.